The van der Waals surface area contributed by atoms with Crippen LogP contribution in [0.3, 0.4) is 0 Å². The van der Waals surface area contributed by atoms with E-state index in [2.05, 4.69) is 48.9 Å². The lowest BCUT2D eigenvalue weighted by molar-refractivity contribution is -0.117. The van der Waals surface area contributed by atoms with Gasteiger partial charge < -0.3 is 5.32 Å². The Morgan fingerprint density at radius 1 is 1.37 bits per heavy atom. The number of amides is 1. The zero-order valence-electron chi connectivity index (χ0n) is 12.5. The summed E-state index contributed by atoms with van der Waals surface area (Å²) in [6.07, 6.45) is 1.62. The second kappa shape index (κ2) is 6.56. The summed E-state index contributed by atoms with van der Waals surface area (Å²) in [5.41, 5.74) is 2.25. The van der Waals surface area contributed by atoms with Crippen molar-refractivity contribution in [2.24, 2.45) is 11.3 Å². The van der Waals surface area contributed by atoms with Crippen molar-refractivity contribution < 1.29 is 4.79 Å². The van der Waals surface area contributed by atoms with E-state index in [1.54, 1.807) is 0 Å². The van der Waals surface area contributed by atoms with E-state index in [9.17, 15) is 4.79 Å². The van der Waals surface area contributed by atoms with Gasteiger partial charge in [0.15, 0.2) is 0 Å². The molecule has 1 unspecified atom stereocenters. The van der Waals surface area contributed by atoms with Gasteiger partial charge in [-0.3, -0.25) is 4.79 Å². The molecule has 1 aromatic carbocycles. The number of hydrogen-bond acceptors (Lipinski definition) is 1. The van der Waals surface area contributed by atoms with Crippen LogP contribution in [0, 0.1) is 18.3 Å². The highest BCUT2D eigenvalue weighted by molar-refractivity contribution is 9.10. The van der Waals surface area contributed by atoms with Crippen LogP contribution in [0.25, 0.3) is 0 Å². The number of halogens is 1. The Labute approximate surface area is 125 Å². The molecule has 1 rings (SSSR count). The summed E-state index contributed by atoms with van der Waals surface area (Å²) in [5.74, 6) is 0.478. The molecule has 0 saturated carbocycles. The van der Waals surface area contributed by atoms with E-state index in [1.807, 2.05) is 25.1 Å². The predicted octanol–water partition coefficient (Wildman–Crippen LogP) is 5.16. The predicted molar refractivity (Wildman–Crippen MR) is 85.4 cm³/mol. The van der Waals surface area contributed by atoms with Crippen LogP contribution >= 0.6 is 15.9 Å². The van der Waals surface area contributed by atoms with Crippen molar-refractivity contribution in [3.63, 3.8) is 0 Å². The van der Waals surface area contributed by atoms with Gasteiger partial charge in [-0.05, 0) is 52.2 Å². The van der Waals surface area contributed by atoms with Crippen LogP contribution < -0.4 is 5.32 Å². The molecule has 2 nitrogen and oxygen atoms in total. The van der Waals surface area contributed by atoms with Gasteiger partial charge in [-0.15, -0.1) is 0 Å². The molecule has 0 aliphatic rings. The molecule has 3 heteroatoms. The van der Waals surface area contributed by atoms with Crippen LogP contribution in [-0.4, -0.2) is 5.91 Å². The third-order valence-corrected chi connectivity index (χ3v) is 4.01. The normalized spacial score (nSPS) is 13.2. The monoisotopic (exact) mass is 325 g/mol. The number of hydrogen-bond donors (Lipinski definition) is 1. The van der Waals surface area contributed by atoms with Crippen molar-refractivity contribution in [1.82, 2.24) is 0 Å². The quantitative estimate of drug-likeness (QED) is 0.814. The summed E-state index contributed by atoms with van der Waals surface area (Å²) >= 11 is 3.51. The Morgan fingerprint density at radius 2 is 2.00 bits per heavy atom. The molecule has 0 bridgehead atoms. The van der Waals surface area contributed by atoms with Crippen LogP contribution in [0.2, 0.25) is 0 Å². The number of carbonyl (C=O) groups excluding carboxylic acids is 1. The molecule has 106 valence electrons. The average Bonchev–Trinajstić information content (AvgIpc) is 2.21. The highest BCUT2D eigenvalue weighted by Crippen LogP contribution is 2.28. The van der Waals surface area contributed by atoms with E-state index >= 15 is 0 Å². The molecule has 0 aliphatic carbocycles. The minimum atomic E-state index is 0.0862. The van der Waals surface area contributed by atoms with E-state index in [1.165, 1.54) is 0 Å². The number of aryl methyl sites for hydroxylation is 1. The number of benzene rings is 1. The van der Waals surface area contributed by atoms with Crippen molar-refractivity contribution in [2.45, 2.75) is 47.5 Å². The fourth-order valence-corrected chi connectivity index (χ4v) is 2.74. The largest absolute Gasteiger partial charge is 0.325 e. The molecule has 1 aromatic rings. The maximum atomic E-state index is 12.0. The van der Waals surface area contributed by atoms with Gasteiger partial charge in [0.2, 0.25) is 5.91 Å². The topological polar surface area (TPSA) is 29.1 Å². The molecule has 0 aromatic heterocycles. The van der Waals surface area contributed by atoms with Gasteiger partial charge in [0.05, 0.1) is 5.69 Å². The lowest BCUT2D eigenvalue weighted by Gasteiger charge is -2.22. The zero-order chi connectivity index (χ0) is 14.6. The van der Waals surface area contributed by atoms with Gasteiger partial charge in [-0.25, -0.2) is 0 Å². The van der Waals surface area contributed by atoms with E-state index in [4.69, 9.17) is 0 Å². The highest BCUT2D eigenvalue weighted by Gasteiger charge is 2.18. The van der Waals surface area contributed by atoms with Crippen LogP contribution in [0.1, 0.15) is 46.1 Å². The van der Waals surface area contributed by atoms with Gasteiger partial charge in [0, 0.05) is 10.9 Å². The molecule has 19 heavy (non-hydrogen) atoms. The number of anilines is 1. The maximum absolute atomic E-state index is 12.0. The second-order valence-corrected chi connectivity index (χ2v) is 7.35. The first-order chi connectivity index (χ1) is 8.69. The third kappa shape index (κ3) is 5.77. The third-order valence-electron chi connectivity index (χ3n) is 2.96. The standard InChI is InChI=1S/C16H24BrNO/c1-11(10-16(3,4)5)9-14(19)18-13-8-6-7-12(2)15(13)17/h6-8,11H,9-10H2,1-5H3,(H,18,19). The summed E-state index contributed by atoms with van der Waals surface area (Å²) in [7, 11) is 0. The Hall–Kier alpha value is -0.830. The first-order valence-electron chi connectivity index (χ1n) is 6.74. The Morgan fingerprint density at radius 3 is 2.58 bits per heavy atom. The van der Waals surface area contributed by atoms with Crippen molar-refractivity contribution >= 4 is 27.5 Å². The smallest absolute Gasteiger partial charge is 0.224 e. The molecule has 1 amide bonds. The minimum absolute atomic E-state index is 0.0862. The van der Waals surface area contributed by atoms with Crippen LogP contribution in [-0.2, 0) is 4.79 Å². The molecule has 1 atom stereocenters. The maximum Gasteiger partial charge on any atom is 0.224 e. The van der Waals surface area contributed by atoms with Gasteiger partial charge in [0.25, 0.3) is 0 Å². The summed E-state index contributed by atoms with van der Waals surface area (Å²) in [5, 5.41) is 2.98. The van der Waals surface area contributed by atoms with E-state index in [0.717, 1.165) is 22.1 Å². The second-order valence-electron chi connectivity index (χ2n) is 6.56. The average molecular weight is 326 g/mol. The van der Waals surface area contributed by atoms with Crippen molar-refractivity contribution in [1.29, 1.82) is 0 Å². The molecule has 0 spiro atoms. The van der Waals surface area contributed by atoms with Crippen molar-refractivity contribution in [3.8, 4) is 0 Å². The first kappa shape index (κ1) is 16.2. The summed E-state index contributed by atoms with van der Waals surface area (Å²) in [6, 6.07) is 5.89. The molecule has 0 saturated heterocycles. The fourth-order valence-electron chi connectivity index (χ4n) is 2.38. The number of nitrogens with one attached hydrogen (secondary N) is 1. The summed E-state index contributed by atoms with van der Waals surface area (Å²) < 4.78 is 0.965. The molecular formula is C16H24BrNO. The lowest BCUT2D eigenvalue weighted by Crippen LogP contribution is -2.19. The SMILES string of the molecule is Cc1cccc(NC(=O)CC(C)CC(C)(C)C)c1Br. The van der Waals surface area contributed by atoms with Gasteiger partial charge in [-0.2, -0.15) is 0 Å². The minimum Gasteiger partial charge on any atom is -0.325 e. The Balaban J connectivity index is 2.58. The van der Waals surface area contributed by atoms with Crippen LogP contribution in [0.15, 0.2) is 22.7 Å². The Bertz CT molecular complexity index is 449. The first-order valence-corrected chi connectivity index (χ1v) is 7.53. The number of rotatable bonds is 4. The molecule has 0 aliphatic heterocycles. The van der Waals surface area contributed by atoms with Crippen molar-refractivity contribution in [2.75, 3.05) is 5.32 Å². The van der Waals surface area contributed by atoms with Crippen LogP contribution in [0.5, 0.6) is 0 Å². The van der Waals surface area contributed by atoms with E-state index in [-0.39, 0.29) is 11.3 Å². The fraction of sp³-hybridized carbons (Fsp3) is 0.562. The molecule has 0 radical (unpaired) electrons. The zero-order valence-corrected chi connectivity index (χ0v) is 14.1. The van der Waals surface area contributed by atoms with E-state index in [0.29, 0.717) is 12.3 Å². The highest BCUT2D eigenvalue weighted by atomic mass is 79.9. The Kier molecular flexibility index (Phi) is 5.60. The van der Waals surface area contributed by atoms with Crippen molar-refractivity contribution in [3.05, 3.63) is 28.2 Å². The van der Waals surface area contributed by atoms with E-state index < -0.39 is 0 Å². The molecule has 1 N–H and O–H groups in total. The van der Waals surface area contributed by atoms with Crippen LogP contribution in [0.4, 0.5) is 5.69 Å². The number of carbonyl (C=O) groups is 1. The van der Waals surface area contributed by atoms with Gasteiger partial charge in [-0.1, -0.05) is 39.8 Å². The summed E-state index contributed by atoms with van der Waals surface area (Å²) in [6.45, 7) is 10.8. The van der Waals surface area contributed by atoms with Gasteiger partial charge >= 0.3 is 0 Å². The molecular weight excluding hydrogens is 302 g/mol. The molecule has 0 heterocycles. The van der Waals surface area contributed by atoms with Gasteiger partial charge in [0.1, 0.15) is 0 Å². The summed E-state index contributed by atoms with van der Waals surface area (Å²) in [4.78, 5) is 12.0. The molecule has 0 fully saturated rings. The lowest BCUT2D eigenvalue weighted by atomic mass is 9.84.